The zero-order valence-corrected chi connectivity index (χ0v) is 9.02. The third-order valence-electron chi connectivity index (χ3n) is 1.83. The van der Waals surface area contributed by atoms with Crippen molar-refractivity contribution < 1.29 is 19.8 Å². The van der Waals surface area contributed by atoms with Crippen molar-refractivity contribution in [1.29, 1.82) is 0 Å². The second kappa shape index (κ2) is 6.48. The molecule has 0 unspecified atom stereocenters. The smallest absolute Gasteiger partial charge is 0.335 e. The van der Waals surface area contributed by atoms with Crippen LogP contribution in [0, 0.1) is 0 Å². The van der Waals surface area contributed by atoms with Gasteiger partial charge in [-0.1, -0.05) is 0 Å². The van der Waals surface area contributed by atoms with Crippen LogP contribution in [0.25, 0.3) is 0 Å². The number of carboxylic acid groups (broad SMARTS) is 2. The first-order valence-electron chi connectivity index (χ1n) is 4.63. The molecule has 0 heterocycles. The summed E-state index contributed by atoms with van der Waals surface area (Å²) >= 11 is 0. The van der Waals surface area contributed by atoms with Gasteiger partial charge in [0.25, 0.3) is 0 Å². The Labute approximate surface area is 101 Å². The second-order valence-corrected chi connectivity index (χ2v) is 3.05. The average molecular weight is 256 g/mol. The minimum absolute atomic E-state index is 0.149. The number of rotatable bonds is 7. The number of aromatic carboxylic acids is 2. The van der Waals surface area contributed by atoms with E-state index in [4.69, 9.17) is 16.1 Å². The van der Waals surface area contributed by atoms with Crippen molar-refractivity contribution in [2.45, 2.75) is 0 Å². The van der Waals surface area contributed by atoms with Gasteiger partial charge in [0.2, 0.25) is 0 Å². The second-order valence-electron chi connectivity index (χ2n) is 3.05. The molecule has 10 nitrogen and oxygen atoms in total. The van der Waals surface area contributed by atoms with Crippen LogP contribution < -0.4 is 33.4 Å². The van der Waals surface area contributed by atoms with Gasteiger partial charge < -0.3 is 15.6 Å². The molecular weight excluding hydrogens is 244 g/mol. The lowest BCUT2D eigenvalue weighted by Crippen LogP contribution is -2.54. The summed E-state index contributed by atoms with van der Waals surface area (Å²) < 4.78 is 0. The first-order chi connectivity index (χ1) is 8.54. The van der Waals surface area contributed by atoms with Gasteiger partial charge in [0.05, 0.1) is 16.8 Å². The summed E-state index contributed by atoms with van der Waals surface area (Å²) in [6.07, 6.45) is 0. The van der Waals surface area contributed by atoms with Crippen LogP contribution in [-0.4, -0.2) is 22.2 Å². The maximum atomic E-state index is 10.8. The van der Waals surface area contributed by atoms with Crippen molar-refractivity contribution in [3.05, 3.63) is 29.3 Å². The lowest BCUT2D eigenvalue weighted by Gasteiger charge is -2.11. The number of nitrogens with one attached hydrogen (secondary N) is 5. The Hall–Kier alpha value is -2.24. The summed E-state index contributed by atoms with van der Waals surface area (Å²) in [5.41, 5.74) is 11.5. The van der Waals surface area contributed by atoms with Gasteiger partial charge in [-0.05, 0) is 18.2 Å². The lowest BCUT2D eigenvalue weighted by molar-refractivity contribution is 0.0696. The average Bonchev–Trinajstić information content (AvgIpc) is 2.34. The third-order valence-corrected chi connectivity index (χ3v) is 1.83. The SMILES string of the molecule is NNNNNNc1cc(C(=O)O)cc(C(=O)O)c1. The molecule has 98 valence electrons. The van der Waals surface area contributed by atoms with Crippen molar-refractivity contribution in [3.8, 4) is 0 Å². The van der Waals surface area contributed by atoms with Crippen LogP contribution in [-0.2, 0) is 0 Å². The summed E-state index contributed by atoms with van der Waals surface area (Å²) in [5.74, 6) is 2.44. The van der Waals surface area contributed by atoms with E-state index in [1.54, 1.807) is 0 Å². The van der Waals surface area contributed by atoms with Crippen LogP contribution in [0.1, 0.15) is 20.7 Å². The van der Waals surface area contributed by atoms with Crippen LogP contribution >= 0.6 is 0 Å². The van der Waals surface area contributed by atoms with E-state index in [-0.39, 0.29) is 16.8 Å². The first-order valence-corrected chi connectivity index (χ1v) is 4.63. The van der Waals surface area contributed by atoms with Gasteiger partial charge in [-0.3, -0.25) is 5.84 Å². The number of carbonyl (C=O) groups is 2. The molecule has 0 saturated carbocycles. The van der Waals surface area contributed by atoms with Crippen molar-refractivity contribution >= 4 is 17.6 Å². The van der Waals surface area contributed by atoms with E-state index in [1.165, 1.54) is 12.1 Å². The van der Waals surface area contributed by atoms with Crippen molar-refractivity contribution in [2.24, 2.45) is 5.84 Å². The number of carboxylic acids is 2. The van der Waals surface area contributed by atoms with Gasteiger partial charge >= 0.3 is 11.9 Å². The normalized spacial score (nSPS) is 10.1. The molecule has 0 atom stereocenters. The molecule has 0 amide bonds. The van der Waals surface area contributed by atoms with Crippen LogP contribution in [0.2, 0.25) is 0 Å². The van der Waals surface area contributed by atoms with E-state index in [1.807, 2.05) is 0 Å². The predicted molar refractivity (Wildman–Crippen MR) is 60.7 cm³/mol. The molecule has 1 rings (SSSR count). The van der Waals surface area contributed by atoms with E-state index in [9.17, 15) is 9.59 Å². The molecule has 0 aliphatic heterocycles. The topological polar surface area (TPSA) is 161 Å². The van der Waals surface area contributed by atoms with Gasteiger partial charge in [0.15, 0.2) is 0 Å². The molecule has 0 bridgehead atoms. The number of hydrazine groups is 5. The van der Waals surface area contributed by atoms with E-state index in [0.717, 1.165) is 6.07 Å². The van der Waals surface area contributed by atoms with E-state index >= 15 is 0 Å². The standard InChI is InChI=1S/C8H12N6O4/c9-11-13-14-12-10-6-2-4(7(15)16)1-5(3-6)8(17)18/h1-3,10-14H,9H2,(H,15,16)(H,17,18). The molecular formula is C8H12N6O4. The zero-order valence-electron chi connectivity index (χ0n) is 9.02. The highest BCUT2D eigenvalue weighted by molar-refractivity contribution is 5.95. The number of hydrogen-bond donors (Lipinski definition) is 8. The van der Waals surface area contributed by atoms with Crippen LogP contribution in [0.15, 0.2) is 18.2 Å². The molecule has 9 N–H and O–H groups in total. The molecule has 1 aromatic rings. The molecule has 0 aliphatic carbocycles. The number of hydrogen-bond acceptors (Lipinski definition) is 8. The van der Waals surface area contributed by atoms with Crippen molar-refractivity contribution in [1.82, 2.24) is 22.1 Å². The first kappa shape index (κ1) is 13.8. The zero-order chi connectivity index (χ0) is 13.5. The Morgan fingerprint density at radius 2 is 1.50 bits per heavy atom. The van der Waals surface area contributed by atoms with Crippen LogP contribution in [0.5, 0.6) is 0 Å². The number of benzene rings is 1. The maximum absolute atomic E-state index is 10.8. The van der Waals surface area contributed by atoms with E-state index < -0.39 is 11.9 Å². The van der Waals surface area contributed by atoms with Gasteiger partial charge in [0, 0.05) is 0 Å². The largest absolute Gasteiger partial charge is 0.478 e. The Balaban J connectivity index is 2.83. The molecule has 0 spiro atoms. The molecule has 0 fully saturated rings. The van der Waals surface area contributed by atoms with Crippen LogP contribution in [0.3, 0.4) is 0 Å². The fourth-order valence-corrected chi connectivity index (χ4v) is 1.12. The van der Waals surface area contributed by atoms with Gasteiger partial charge in [-0.2, -0.15) is 22.1 Å². The summed E-state index contributed by atoms with van der Waals surface area (Å²) in [4.78, 5) is 21.6. The molecule has 0 saturated heterocycles. The summed E-state index contributed by atoms with van der Waals surface area (Å²) in [7, 11) is 0. The Morgan fingerprint density at radius 3 is 1.94 bits per heavy atom. The Kier molecular flexibility index (Phi) is 4.98. The lowest BCUT2D eigenvalue weighted by atomic mass is 10.1. The third kappa shape index (κ3) is 3.97. The predicted octanol–water partition coefficient (Wildman–Crippen LogP) is -1.61. The van der Waals surface area contributed by atoms with Gasteiger partial charge in [-0.25, -0.2) is 9.59 Å². The van der Waals surface area contributed by atoms with Crippen molar-refractivity contribution in [3.63, 3.8) is 0 Å². The highest BCUT2D eigenvalue weighted by Gasteiger charge is 2.11. The Morgan fingerprint density at radius 1 is 0.944 bits per heavy atom. The maximum Gasteiger partial charge on any atom is 0.335 e. The van der Waals surface area contributed by atoms with Crippen molar-refractivity contribution in [2.75, 3.05) is 5.43 Å². The molecule has 0 radical (unpaired) electrons. The van der Waals surface area contributed by atoms with E-state index in [0.29, 0.717) is 0 Å². The fourth-order valence-electron chi connectivity index (χ4n) is 1.12. The highest BCUT2D eigenvalue weighted by atomic mass is 16.4. The van der Waals surface area contributed by atoms with Gasteiger partial charge in [0.1, 0.15) is 0 Å². The molecule has 10 heteroatoms. The highest BCUT2D eigenvalue weighted by Crippen LogP contribution is 2.14. The molecule has 1 aromatic carbocycles. The summed E-state index contributed by atoms with van der Waals surface area (Å²) in [6, 6.07) is 3.58. The van der Waals surface area contributed by atoms with Gasteiger partial charge in [-0.15, -0.1) is 0 Å². The molecule has 0 aromatic heterocycles. The summed E-state index contributed by atoms with van der Waals surface area (Å²) in [6.45, 7) is 0. The van der Waals surface area contributed by atoms with Crippen LogP contribution in [0.4, 0.5) is 5.69 Å². The minimum Gasteiger partial charge on any atom is -0.478 e. The molecule has 0 aliphatic rings. The quantitative estimate of drug-likeness (QED) is 0.162. The Bertz CT molecular complexity index is 419. The number of nitrogens with two attached hydrogens (primary N) is 1. The monoisotopic (exact) mass is 256 g/mol. The molecule has 18 heavy (non-hydrogen) atoms. The summed E-state index contributed by atoms with van der Waals surface area (Å²) in [5, 5.41) is 17.7. The van der Waals surface area contributed by atoms with E-state index in [2.05, 4.69) is 27.6 Å². The number of anilines is 1. The fraction of sp³-hybridized carbons (Fsp3) is 0. The minimum atomic E-state index is -1.23.